The monoisotopic (exact) mass is 312 g/mol. The van der Waals surface area contributed by atoms with Gasteiger partial charge in [-0.3, -0.25) is 4.79 Å². The van der Waals surface area contributed by atoms with Gasteiger partial charge < -0.3 is 14.8 Å². The predicted octanol–water partition coefficient (Wildman–Crippen LogP) is 2.86. The summed E-state index contributed by atoms with van der Waals surface area (Å²) in [5.41, 5.74) is 1.75. The fourth-order valence-corrected chi connectivity index (χ4v) is 2.41. The number of aromatic nitrogens is 3. The van der Waals surface area contributed by atoms with E-state index in [-0.39, 0.29) is 6.42 Å². The summed E-state index contributed by atoms with van der Waals surface area (Å²) in [6, 6.07) is 8.94. The molecule has 0 amide bonds. The molecule has 0 saturated heterocycles. The SMILES string of the molecule is Cc1nc(N[C@@H](CC(=O)O)c2ccccc2)c2nc(C)oc2n1. The van der Waals surface area contributed by atoms with Crippen LogP contribution in [0.25, 0.3) is 11.2 Å². The van der Waals surface area contributed by atoms with Crippen molar-refractivity contribution in [3.05, 3.63) is 47.6 Å². The number of benzene rings is 1. The molecular weight excluding hydrogens is 296 g/mol. The van der Waals surface area contributed by atoms with E-state index in [0.29, 0.717) is 28.8 Å². The Morgan fingerprint density at radius 1 is 1.22 bits per heavy atom. The Labute approximate surface area is 132 Å². The van der Waals surface area contributed by atoms with Gasteiger partial charge in [0.2, 0.25) is 0 Å². The molecule has 1 atom stereocenters. The number of fused-ring (bicyclic) bond motifs is 1. The number of aryl methyl sites for hydroxylation is 2. The standard InChI is InChI=1S/C16H16N4O3/c1-9-17-15(14-16(18-9)23-10(2)19-14)20-12(8-13(21)22)11-6-4-3-5-7-11/h3-7,12H,8H2,1-2H3,(H,21,22)(H,17,18,20)/t12-/m0/s1. The van der Waals surface area contributed by atoms with Gasteiger partial charge >= 0.3 is 5.97 Å². The van der Waals surface area contributed by atoms with Crippen LogP contribution in [0.5, 0.6) is 0 Å². The molecule has 0 aliphatic rings. The molecule has 3 aromatic rings. The molecule has 118 valence electrons. The molecule has 3 rings (SSSR count). The van der Waals surface area contributed by atoms with Crippen LogP contribution < -0.4 is 5.32 Å². The first-order chi connectivity index (χ1) is 11.0. The number of hydrogen-bond donors (Lipinski definition) is 2. The molecule has 0 unspecified atom stereocenters. The lowest BCUT2D eigenvalue weighted by Crippen LogP contribution is -2.16. The number of carboxylic acids is 1. The van der Waals surface area contributed by atoms with E-state index in [2.05, 4.69) is 20.3 Å². The Bertz CT molecular complexity index is 845. The van der Waals surface area contributed by atoms with Crippen LogP contribution >= 0.6 is 0 Å². The molecular formula is C16H16N4O3. The van der Waals surface area contributed by atoms with Crippen LogP contribution in [-0.4, -0.2) is 26.0 Å². The Morgan fingerprint density at radius 2 is 1.96 bits per heavy atom. The highest BCUT2D eigenvalue weighted by Gasteiger charge is 2.19. The number of rotatable bonds is 5. The van der Waals surface area contributed by atoms with Gasteiger partial charge in [0, 0.05) is 6.92 Å². The van der Waals surface area contributed by atoms with Crippen molar-refractivity contribution < 1.29 is 14.3 Å². The van der Waals surface area contributed by atoms with Gasteiger partial charge in [-0.2, -0.15) is 4.98 Å². The van der Waals surface area contributed by atoms with Gasteiger partial charge in [-0.25, -0.2) is 9.97 Å². The minimum Gasteiger partial charge on any atom is -0.481 e. The smallest absolute Gasteiger partial charge is 0.305 e. The van der Waals surface area contributed by atoms with Crippen molar-refractivity contribution >= 4 is 23.0 Å². The van der Waals surface area contributed by atoms with Crippen molar-refractivity contribution in [2.45, 2.75) is 26.3 Å². The molecule has 7 nitrogen and oxygen atoms in total. The number of nitrogens with one attached hydrogen (secondary N) is 1. The zero-order valence-electron chi connectivity index (χ0n) is 12.8. The second-order valence-corrected chi connectivity index (χ2v) is 5.21. The third kappa shape index (κ3) is 3.28. The summed E-state index contributed by atoms with van der Waals surface area (Å²) in [5, 5.41) is 12.4. The number of carboxylic acid groups (broad SMARTS) is 1. The number of anilines is 1. The van der Waals surface area contributed by atoms with Crippen molar-refractivity contribution in [3.8, 4) is 0 Å². The summed E-state index contributed by atoms with van der Waals surface area (Å²) in [6.45, 7) is 3.48. The first-order valence-electron chi connectivity index (χ1n) is 7.18. The van der Waals surface area contributed by atoms with Crippen LogP contribution in [0.4, 0.5) is 5.82 Å². The molecule has 2 aromatic heterocycles. The number of aliphatic carboxylic acids is 1. The molecule has 2 heterocycles. The molecule has 1 aromatic carbocycles. The van der Waals surface area contributed by atoms with Crippen LogP contribution in [0.1, 0.15) is 29.7 Å². The van der Waals surface area contributed by atoms with E-state index in [9.17, 15) is 9.90 Å². The summed E-state index contributed by atoms with van der Waals surface area (Å²) in [7, 11) is 0. The molecule has 0 aliphatic carbocycles. The van der Waals surface area contributed by atoms with Gasteiger partial charge in [-0.1, -0.05) is 30.3 Å². The number of oxazole rings is 1. The fourth-order valence-electron chi connectivity index (χ4n) is 2.41. The van der Waals surface area contributed by atoms with Gasteiger partial charge in [0.05, 0.1) is 12.5 Å². The minimum atomic E-state index is -0.898. The summed E-state index contributed by atoms with van der Waals surface area (Å²) in [4.78, 5) is 24.0. The van der Waals surface area contributed by atoms with Crippen LogP contribution in [-0.2, 0) is 4.79 Å². The third-order valence-electron chi connectivity index (χ3n) is 3.37. The highest BCUT2D eigenvalue weighted by atomic mass is 16.4. The first kappa shape index (κ1) is 15.0. The maximum atomic E-state index is 11.2. The van der Waals surface area contributed by atoms with Crippen molar-refractivity contribution in [2.75, 3.05) is 5.32 Å². The van der Waals surface area contributed by atoms with Crippen LogP contribution in [0, 0.1) is 13.8 Å². The molecule has 7 heteroatoms. The minimum absolute atomic E-state index is 0.0780. The molecule has 23 heavy (non-hydrogen) atoms. The van der Waals surface area contributed by atoms with Gasteiger partial charge in [0.1, 0.15) is 5.82 Å². The van der Waals surface area contributed by atoms with Crippen molar-refractivity contribution in [1.82, 2.24) is 15.0 Å². The average molecular weight is 312 g/mol. The highest BCUT2D eigenvalue weighted by molar-refractivity contribution is 5.82. The normalized spacial score (nSPS) is 12.3. The Hall–Kier alpha value is -2.96. The Morgan fingerprint density at radius 3 is 2.65 bits per heavy atom. The Balaban J connectivity index is 2.01. The van der Waals surface area contributed by atoms with Crippen LogP contribution in [0.15, 0.2) is 34.7 Å². The second kappa shape index (κ2) is 6.04. The molecule has 2 N–H and O–H groups in total. The summed E-state index contributed by atoms with van der Waals surface area (Å²) < 4.78 is 5.44. The van der Waals surface area contributed by atoms with Gasteiger partial charge in [0.25, 0.3) is 5.71 Å². The van der Waals surface area contributed by atoms with E-state index >= 15 is 0 Å². The lowest BCUT2D eigenvalue weighted by Gasteiger charge is -2.18. The van der Waals surface area contributed by atoms with Gasteiger partial charge in [0.15, 0.2) is 17.2 Å². The lowest BCUT2D eigenvalue weighted by atomic mass is 10.0. The van der Waals surface area contributed by atoms with E-state index in [4.69, 9.17) is 4.42 Å². The highest BCUT2D eigenvalue weighted by Crippen LogP contribution is 2.26. The first-order valence-corrected chi connectivity index (χ1v) is 7.18. The van der Waals surface area contributed by atoms with Crippen molar-refractivity contribution in [2.24, 2.45) is 0 Å². The zero-order chi connectivity index (χ0) is 16.4. The van der Waals surface area contributed by atoms with Crippen molar-refractivity contribution in [3.63, 3.8) is 0 Å². The van der Waals surface area contributed by atoms with Crippen LogP contribution in [0.2, 0.25) is 0 Å². The topological polar surface area (TPSA) is 101 Å². The van der Waals surface area contributed by atoms with E-state index in [0.717, 1.165) is 5.56 Å². The third-order valence-corrected chi connectivity index (χ3v) is 3.37. The molecule has 0 spiro atoms. The predicted molar refractivity (Wildman–Crippen MR) is 84.1 cm³/mol. The van der Waals surface area contributed by atoms with Crippen molar-refractivity contribution in [1.29, 1.82) is 0 Å². The number of nitrogens with zero attached hydrogens (tertiary/aromatic N) is 3. The second-order valence-electron chi connectivity index (χ2n) is 5.21. The molecule has 0 aliphatic heterocycles. The zero-order valence-corrected chi connectivity index (χ0v) is 12.8. The fraction of sp³-hybridized carbons (Fsp3) is 0.250. The summed E-state index contributed by atoms with van der Waals surface area (Å²) in [5.74, 6) is 0.583. The number of carbonyl (C=O) groups is 1. The summed E-state index contributed by atoms with van der Waals surface area (Å²) >= 11 is 0. The maximum Gasteiger partial charge on any atom is 0.305 e. The van der Waals surface area contributed by atoms with E-state index in [1.165, 1.54) is 0 Å². The van der Waals surface area contributed by atoms with Gasteiger partial charge in [-0.15, -0.1) is 0 Å². The van der Waals surface area contributed by atoms with Crippen LogP contribution in [0.3, 0.4) is 0 Å². The van der Waals surface area contributed by atoms with E-state index in [1.807, 2.05) is 30.3 Å². The molecule has 0 bridgehead atoms. The molecule has 0 saturated carbocycles. The largest absolute Gasteiger partial charge is 0.481 e. The molecule has 0 radical (unpaired) electrons. The van der Waals surface area contributed by atoms with E-state index < -0.39 is 12.0 Å². The Kier molecular flexibility index (Phi) is 3.92. The quantitative estimate of drug-likeness (QED) is 0.747. The van der Waals surface area contributed by atoms with Gasteiger partial charge in [-0.05, 0) is 12.5 Å². The summed E-state index contributed by atoms with van der Waals surface area (Å²) in [6.07, 6.45) is -0.0780. The maximum absolute atomic E-state index is 11.2. The lowest BCUT2D eigenvalue weighted by molar-refractivity contribution is -0.137. The number of hydrogen-bond acceptors (Lipinski definition) is 6. The molecule has 0 fully saturated rings. The van der Waals surface area contributed by atoms with E-state index in [1.54, 1.807) is 13.8 Å². The average Bonchev–Trinajstić information content (AvgIpc) is 2.87.